The van der Waals surface area contributed by atoms with Crippen LogP contribution in [0.25, 0.3) is 11.1 Å². The third-order valence-electron chi connectivity index (χ3n) is 7.06. The van der Waals surface area contributed by atoms with Crippen molar-refractivity contribution >= 4 is 35.7 Å². The van der Waals surface area contributed by atoms with Crippen molar-refractivity contribution < 1.29 is 38.6 Å². The van der Waals surface area contributed by atoms with Gasteiger partial charge in [-0.3, -0.25) is 24.0 Å². The van der Waals surface area contributed by atoms with Crippen molar-refractivity contribution in [3.8, 4) is 11.1 Å². The number of aliphatic carboxylic acids is 1. The lowest BCUT2D eigenvalue weighted by Crippen LogP contribution is -2.56. The molecular formula is C30H37N5O8. The van der Waals surface area contributed by atoms with E-state index in [1.54, 1.807) is 0 Å². The van der Waals surface area contributed by atoms with Crippen molar-refractivity contribution in [3.63, 3.8) is 0 Å². The number of nitrogens with one attached hydrogen (secondary N) is 5. The third-order valence-corrected chi connectivity index (χ3v) is 7.06. The van der Waals surface area contributed by atoms with E-state index in [2.05, 4.69) is 26.6 Å². The van der Waals surface area contributed by atoms with Crippen LogP contribution in [0.3, 0.4) is 0 Å². The Kier molecular flexibility index (Phi) is 10.8. The van der Waals surface area contributed by atoms with E-state index in [4.69, 9.17) is 9.84 Å². The molecule has 2 aromatic rings. The fraction of sp³-hybridized carbons (Fsp3) is 0.400. The fourth-order valence-electron chi connectivity index (χ4n) is 4.49. The number of hydrogen-bond donors (Lipinski definition) is 6. The Bertz CT molecular complexity index is 1350. The van der Waals surface area contributed by atoms with Gasteiger partial charge in [0.2, 0.25) is 23.6 Å². The Hall–Kier alpha value is -4.94. The minimum Gasteiger partial charge on any atom is -0.480 e. The SMILES string of the molecule is C[C@H](NC(=O)[C@H](C)NC(=O)[C@H](C)NC(=O)[C@H](C)NC(=O)[C@H](C)NC(=O)OCC1c2ccccc2-c2ccccc21)C(=O)O. The Labute approximate surface area is 249 Å². The number of carboxylic acids is 1. The molecule has 0 radical (unpaired) electrons. The molecule has 5 atom stereocenters. The summed E-state index contributed by atoms with van der Waals surface area (Å²) in [5, 5.41) is 20.9. The average molecular weight is 596 g/mol. The molecule has 13 nitrogen and oxygen atoms in total. The van der Waals surface area contributed by atoms with Crippen LogP contribution in [0.15, 0.2) is 48.5 Å². The van der Waals surface area contributed by atoms with Crippen LogP contribution < -0.4 is 26.6 Å². The molecule has 230 valence electrons. The molecule has 2 aromatic carbocycles. The van der Waals surface area contributed by atoms with Crippen molar-refractivity contribution in [2.24, 2.45) is 0 Å². The molecule has 0 bridgehead atoms. The van der Waals surface area contributed by atoms with Crippen LogP contribution in [-0.4, -0.2) is 77.6 Å². The highest BCUT2D eigenvalue weighted by atomic mass is 16.5. The van der Waals surface area contributed by atoms with Gasteiger partial charge in [-0.05, 0) is 56.9 Å². The minimum atomic E-state index is -1.23. The van der Waals surface area contributed by atoms with Gasteiger partial charge in [-0.15, -0.1) is 0 Å². The summed E-state index contributed by atoms with van der Waals surface area (Å²) in [6, 6.07) is 10.4. The highest BCUT2D eigenvalue weighted by molar-refractivity contribution is 5.95. The number of amides is 5. The normalized spacial score (nSPS) is 15.3. The van der Waals surface area contributed by atoms with E-state index in [1.165, 1.54) is 34.6 Å². The highest BCUT2D eigenvalue weighted by Crippen LogP contribution is 2.44. The number of carboxylic acid groups (broad SMARTS) is 1. The van der Waals surface area contributed by atoms with E-state index in [1.807, 2.05) is 48.5 Å². The van der Waals surface area contributed by atoms with Gasteiger partial charge < -0.3 is 36.4 Å². The molecule has 0 aromatic heterocycles. The zero-order valence-electron chi connectivity index (χ0n) is 24.6. The van der Waals surface area contributed by atoms with Gasteiger partial charge in [-0.1, -0.05) is 48.5 Å². The fourth-order valence-corrected chi connectivity index (χ4v) is 4.49. The van der Waals surface area contributed by atoms with E-state index in [-0.39, 0.29) is 12.5 Å². The van der Waals surface area contributed by atoms with Crippen molar-refractivity contribution in [1.82, 2.24) is 26.6 Å². The number of ether oxygens (including phenoxy) is 1. The minimum absolute atomic E-state index is 0.0752. The van der Waals surface area contributed by atoms with Crippen LogP contribution in [0.2, 0.25) is 0 Å². The molecule has 0 saturated heterocycles. The van der Waals surface area contributed by atoms with Gasteiger partial charge in [0, 0.05) is 5.92 Å². The largest absolute Gasteiger partial charge is 0.480 e. The van der Waals surface area contributed by atoms with Gasteiger partial charge in [0.15, 0.2) is 0 Å². The molecule has 0 fully saturated rings. The van der Waals surface area contributed by atoms with Crippen LogP contribution in [0.4, 0.5) is 4.79 Å². The summed E-state index contributed by atoms with van der Waals surface area (Å²) in [5.74, 6) is -4.10. The van der Waals surface area contributed by atoms with E-state index >= 15 is 0 Å². The topological polar surface area (TPSA) is 192 Å². The van der Waals surface area contributed by atoms with E-state index < -0.39 is 65.9 Å². The average Bonchev–Trinajstić information content (AvgIpc) is 3.29. The van der Waals surface area contributed by atoms with Gasteiger partial charge in [-0.25, -0.2) is 4.79 Å². The van der Waals surface area contributed by atoms with Gasteiger partial charge >= 0.3 is 12.1 Å². The Balaban J connectivity index is 1.44. The Morgan fingerprint density at radius 3 is 1.35 bits per heavy atom. The first-order chi connectivity index (χ1) is 20.3. The summed E-state index contributed by atoms with van der Waals surface area (Å²) in [5.41, 5.74) is 4.28. The van der Waals surface area contributed by atoms with Gasteiger partial charge in [0.1, 0.15) is 36.8 Å². The number of carbonyl (C=O) groups excluding carboxylic acids is 5. The maximum atomic E-state index is 12.6. The predicted molar refractivity (Wildman–Crippen MR) is 156 cm³/mol. The number of rotatable bonds is 12. The molecule has 0 saturated carbocycles. The van der Waals surface area contributed by atoms with Crippen LogP contribution in [0.1, 0.15) is 51.7 Å². The maximum Gasteiger partial charge on any atom is 0.407 e. The lowest BCUT2D eigenvalue weighted by atomic mass is 9.98. The van der Waals surface area contributed by atoms with Crippen molar-refractivity contribution in [1.29, 1.82) is 0 Å². The number of hydrogen-bond acceptors (Lipinski definition) is 7. The molecule has 0 aliphatic heterocycles. The second-order valence-corrected chi connectivity index (χ2v) is 10.5. The van der Waals surface area contributed by atoms with Crippen LogP contribution >= 0.6 is 0 Å². The molecule has 0 heterocycles. The van der Waals surface area contributed by atoms with Gasteiger partial charge in [-0.2, -0.15) is 0 Å². The third kappa shape index (κ3) is 8.31. The molecule has 3 rings (SSSR count). The van der Waals surface area contributed by atoms with E-state index in [0.717, 1.165) is 22.3 Å². The molecule has 0 spiro atoms. The van der Waals surface area contributed by atoms with Crippen LogP contribution in [0.5, 0.6) is 0 Å². The smallest absolute Gasteiger partial charge is 0.407 e. The molecule has 1 aliphatic rings. The van der Waals surface area contributed by atoms with Crippen molar-refractivity contribution in [2.45, 2.75) is 70.7 Å². The second kappa shape index (κ2) is 14.3. The summed E-state index contributed by atoms with van der Waals surface area (Å²) in [6.07, 6.45) is -0.789. The second-order valence-electron chi connectivity index (χ2n) is 10.5. The summed E-state index contributed by atoms with van der Waals surface area (Å²) in [7, 11) is 0. The highest BCUT2D eigenvalue weighted by Gasteiger charge is 2.30. The van der Waals surface area contributed by atoms with Crippen LogP contribution in [0, 0.1) is 0 Å². The molecular weight excluding hydrogens is 558 g/mol. The first-order valence-corrected chi connectivity index (χ1v) is 13.9. The quantitative estimate of drug-likeness (QED) is 0.209. The predicted octanol–water partition coefficient (Wildman–Crippen LogP) is 1.02. The van der Waals surface area contributed by atoms with Crippen molar-refractivity contribution in [2.75, 3.05) is 6.61 Å². The zero-order chi connectivity index (χ0) is 31.8. The summed E-state index contributed by atoms with van der Waals surface area (Å²) < 4.78 is 5.46. The Morgan fingerprint density at radius 2 is 0.953 bits per heavy atom. The molecule has 5 amide bonds. The molecule has 0 unspecified atom stereocenters. The lowest BCUT2D eigenvalue weighted by Gasteiger charge is -2.22. The zero-order valence-corrected chi connectivity index (χ0v) is 24.6. The number of benzene rings is 2. The van der Waals surface area contributed by atoms with Gasteiger partial charge in [0.25, 0.3) is 0 Å². The Morgan fingerprint density at radius 1 is 0.605 bits per heavy atom. The van der Waals surface area contributed by atoms with E-state index in [0.29, 0.717) is 0 Å². The van der Waals surface area contributed by atoms with Crippen molar-refractivity contribution in [3.05, 3.63) is 59.7 Å². The number of carbonyl (C=O) groups is 6. The lowest BCUT2D eigenvalue weighted by molar-refractivity contribution is -0.141. The number of alkyl carbamates (subject to hydrolysis) is 1. The monoisotopic (exact) mass is 595 g/mol. The van der Waals surface area contributed by atoms with Crippen LogP contribution in [-0.2, 0) is 28.7 Å². The standard InChI is InChI=1S/C30H37N5O8/c1-15(25(36)32-17(3)27(38)34-19(5)29(40)41)31-26(37)16(2)33-28(39)18(4)35-30(42)43-14-24-22-12-8-6-10-20(22)21-11-7-9-13-23(21)24/h6-13,15-19,24H,14H2,1-5H3,(H,31,37)(H,32,36)(H,33,39)(H,34,38)(H,35,42)(H,40,41)/t15-,16-,17-,18-,19-/m0/s1. The van der Waals surface area contributed by atoms with Gasteiger partial charge in [0.05, 0.1) is 0 Å². The summed E-state index contributed by atoms with van der Waals surface area (Å²) in [6.45, 7) is 6.95. The molecule has 6 N–H and O–H groups in total. The summed E-state index contributed by atoms with van der Waals surface area (Å²) >= 11 is 0. The number of fused-ring (bicyclic) bond motifs is 3. The molecule has 13 heteroatoms. The van der Waals surface area contributed by atoms with E-state index in [9.17, 15) is 28.8 Å². The first-order valence-electron chi connectivity index (χ1n) is 13.9. The molecule has 1 aliphatic carbocycles. The first kappa shape index (κ1) is 32.6. The summed E-state index contributed by atoms with van der Waals surface area (Å²) in [4.78, 5) is 73.1. The molecule has 43 heavy (non-hydrogen) atoms. The maximum absolute atomic E-state index is 12.6.